The molecule has 4 heteroatoms. The zero-order chi connectivity index (χ0) is 11.9. The quantitative estimate of drug-likeness (QED) is 0.550. The lowest BCUT2D eigenvalue weighted by atomic mass is 10.2. The lowest BCUT2D eigenvalue weighted by Crippen LogP contribution is -1.81. The van der Waals surface area contributed by atoms with Gasteiger partial charge in [-0.2, -0.15) is 0 Å². The van der Waals surface area contributed by atoms with Crippen LogP contribution in [-0.2, 0) is 0 Å². The maximum atomic E-state index is 4.59. The monoisotopic (exact) mass is 234 g/mol. The fraction of sp³-hybridized carbons (Fsp3) is 0. The van der Waals surface area contributed by atoms with Gasteiger partial charge in [0.2, 0.25) is 0 Å². The molecule has 0 aliphatic rings. The summed E-state index contributed by atoms with van der Waals surface area (Å²) >= 11 is 0. The molecule has 4 rings (SSSR count). The van der Waals surface area contributed by atoms with E-state index < -0.39 is 0 Å². The van der Waals surface area contributed by atoms with Crippen LogP contribution in [0.15, 0.2) is 55.1 Å². The minimum absolute atomic E-state index is 0.905. The topological polar surface area (TPSA) is 46.0 Å². The highest BCUT2D eigenvalue weighted by Gasteiger charge is 2.05. The first-order valence-corrected chi connectivity index (χ1v) is 5.77. The van der Waals surface area contributed by atoms with Gasteiger partial charge in [-0.05, 0) is 24.3 Å². The molecule has 0 spiro atoms. The second-order valence-electron chi connectivity index (χ2n) is 4.23. The van der Waals surface area contributed by atoms with Crippen molar-refractivity contribution >= 4 is 16.7 Å². The van der Waals surface area contributed by atoms with Crippen molar-refractivity contribution in [3.63, 3.8) is 0 Å². The van der Waals surface area contributed by atoms with Crippen LogP contribution < -0.4 is 0 Å². The molecule has 4 heterocycles. The van der Waals surface area contributed by atoms with Crippen LogP contribution in [-0.4, -0.2) is 19.4 Å². The number of fused-ring (bicyclic) bond motifs is 2. The predicted octanol–water partition coefficient (Wildman–Crippen LogP) is 2.88. The minimum Gasteiger partial charge on any atom is -0.346 e. The molecular weight excluding hydrogens is 224 g/mol. The average Bonchev–Trinajstić information content (AvgIpc) is 3.04. The molecule has 1 N–H and O–H groups in total. The molecule has 0 atom stereocenters. The SMILES string of the molecule is c1ccn2cc(-c3cnc4[nH]ccc4c3)nc2c1. The normalized spacial score (nSPS) is 11.3. The largest absolute Gasteiger partial charge is 0.346 e. The number of aromatic nitrogens is 4. The molecule has 0 aliphatic carbocycles. The molecule has 0 aliphatic heterocycles. The summed E-state index contributed by atoms with van der Waals surface area (Å²) in [6.07, 6.45) is 7.75. The van der Waals surface area contributed by atoms with E-state index in [1.807, 2.05) is 53.5 Å². The Morgan fingerprint density at radius 3 is 3.11 bits per heavy atom. The van der Waals surface area contributed by atoms with E-state index in [4.69, 9.17) is 0 Å². The Morgan fingerprint density at radius 2 is 2.17 bits per heavy atom. The summed E-state index contributed by atoms with van der Waals surface area (Å²) in [5, 5.41) is 1.10. The Hall–Kier alpha value is -2.62. The van der Waals surface area contributed by atoms with Crippen LogP contribution in [0.5, 0.6) is 0 Å². The van der Waals surface area contributed by atoms with E-state index in [1.165, 1.54) is 0 Å². The lowest BCUT2D eigenvalue weighted by Gasteiger charge is -1.95. The van der Waals surface area contributed by atoms with Crippen molar-refractivity contribution in [2.75, 3.05) is 0 Å². The van der Waals surface area contributed by atoms with E-state index in [9.17, 15) is 0 Å². The molecule has 0 fully saturated rings. The summed E-state index contributed by atoms with van der Waals surface area (Å²) in [4.78, 5) is 12.1. The highest BCUT2D eigenvalue weighted by Crippen LogP contribution is 2.21. The van der Waals surface area contributed by atoms with Gasteiger partial charge in [-0.1, -0.05) is 6.07 Å². The van der Waals surface area contributed by atoms with Gasteiger partial charge in [0.05, 0.1) is 5.69 Å². The minimum atomic E-state index is 0.905. The molecule has 0 unspecified atom stereocenters. The van der Waals surface area contributed by atoms with Crippen LogP contribution >= 0.6 is 0 Å². The van der Waals surface area contributed by atoms with Crippen molar-refractivity contribution in [3.05, 3.63) is 55.1 Å². The van der Waals surface area contributed by atoms with Crippen molar-refractivity contribution in [1.82, 2.24) is 19.4 Å². The summed E-state index contributed by atoms with van der Waals surface area (Å²) in [5.74, 6) is 0. The summed E-state index contributed by atoms with van der Waals surface area (Å²) in [5.41, 5.74) is 3.83. The Morgan fingerprint density at radius 1 is 1.17 bits per heavy atom. The number of hydrogen-bond acceptors (Lipinski definition) is 2. The number of nitrogens with one attached hydrogen (secondary N) is 1. The second kappa shape index (κ2) is 3.43. The van der Waals surface area contributed by atoms with E-state index in [-0.39, 0.29) is 0 Å². The van der Waals surface area contributed by atoms with Crippen LogP contribution in [0.3, 0.4) is 0 Å². The van der Waals surface area contributed by atoms with Gasteiger partial charge in [-0.3, -0.25) is 0 Å². The van der Waals surface area contributed by atoms with Crippen LogP contribution in [0.4, 0.5) is 0 Å². The molecule has 4 nitrogen and oxygen atoms in total. The second-order valence-corrected chi connectivity index (χ2v) is 4.23. The number of nitrogens with zero attached hydrogens (tertiary/aromatic N) is 3. The van der Waals surface area contributed by atoms with Gasteiger partial charge < -0.3 is 9.38 Å². The third-order valence-corrected chi connectivity index (χ3v) is 3.06. The van der Waals surface area contributed by atoms with Gasteiger partial charge >= 0.3 is 0 Å². The maximum absolute atomic E-state index is 4.59. The molecule has 0 bridgehead atoms. The van der Waals surface area contributed by atoms with Crippen molar-refractivity contribution in [2.24, 2.45) is 0 Å². The zero-order valence-corrected chi connectivity index (χ0v) is 9.54. The number of pyridine rings is 2. The summed E-state index contributed by atoms with van der Waals surface area (Å²) in [7, 11) is 0. The first-order chi connectivity index (χ1) is 8.90. The average molecular weight is 234 g/mol. The van der Waals surface area contributed by atoms with Crippen LogP contribution in [0.2, 0.25) is 0 Å². The van der Waals surface area contributed by atoms with Crippen molar-refractivity contribution < 1.29 is 0 Å². The molecule has 0 radical (unpaired) electrons. The number of imidazole rings is 1. The fourth-order valence-corrected chi connectivity index (χ4v) is 2.15. The first kappa shape index (κ1) is 9.41. The van der Waals surface area contributed by atoms with E-state index in [0.29, 0.717) is 0 Å². The van der Waals surface area contributed by atoms with Crippen LogP contribution in [0, 0.1) is 0 Å². The van der Waals surface area contributed by atoms with Crippen molar-refractivity contribution in [2.45, 2.75) is 0 Å². The smallest absolute Gasteiger partial charge is 0.137 e. The summed E-state index contributed by atoms with van der Waals surface area (Å²) < 4.78 is 2.01. The Balaban J connectivity index is 1.94. The molecular formula is C14H10N4. The highest BCUT2D eigenvalue weighted by atomic mass is 15.0. The van der Waals surface area contributed by atoms with Gasteiger partial charge in [0.25, 0.3) is 0 Å². The van der Waals surface area contributed by atoms with E-state index in [2.05, 4.69) is 21.0 Å². The summed E-state index contributed by atoms with van der Waals surface area (Å²) in [6, 6.07) is 10.1. The maximum Gasteiger partial charge on any atom is 0.137 e. The Bertz CT molecular complexity index is 808. The van der Waals surface area contributed by atoms with Gasteiger partial charge in [-0.15, -0.1) is 0 Å². The number of rotatable bonds is 1. The van der Waals surface area contributed by atoms with E-state index in [0.717, 1.165) is 27.9 Å². The third kappa shape index (κ3) is 1.32. The summed E-state index contributed by atoms with van der Waals surface area (Å²) in [6.45, 7) is 0. The number of aromatic amines is 1. The molecule has 18 heavy (non-hydrogen) atoms. The third-order valence-electron chi connectivity index (χ3n) is 3.06. The van der Waals surface area contributed by atoms with E-state index >= 15 is 0 Å². The molecule has 4 aromatic heterocycles. The first-order valence-electron chi connectivity index (χ1n) is 5.77. The Labute approximate surface area is 103 Å². The van der Waals surface area contributed by atoms with Gasteiger partial charge in [0.1, 0.15) is 11.3 Å². The van der Waals surface area contributed by atoms with Gasteiger partial charge in [0.15, 0.2) is 0 Å². The molecule has 86 valence electrons. The zero-order valence-electron chi connectivity index (χ0n) is 9.54. The van der Waals surface area contributed by atoms with E-state index in [1.54, 1.807) is 0 Å². The van der Waals surface area contributed by atoms with Gasteiger partial charge in [-0.25, -0.2) is 9.97 Å². The Kier molecular flexibility index (Phi) is 1.80. The molecule has 0 saturated carbocycles. The number of H-pyrrole nitrogens is 1. The van der Waals surface area contributed by atoms with Crippen molar-refractivity contribution in [3.8, 4) is 11.3 Å². The van der Waals surface area contributed by atoms with Crippen LogP contribution in [0.1, 0.15) is 0 Å². The van der Waals surface area contributed by atoms with Crippen LogP contribution in [0.25, 0.3) is 27.9 Å². The molecule has 0 aromatic carbocycles. The lowest BCUT2D eigenvalue weighted by molar-refractivity contribution is 1.19. The standard InChI is InChI=1S/C14H10N4/c1-2-6-18-9-12(17-13(18)3-1)11-7-10-4-5-15-14(10)16-8-11/h1-9H,(H,15,16). The van der Waals surface area contributed by atoms with Crippen molar-refractivity contribution in [1.29, 1.82) is 0 Å². The highest BCUT2D eigenvalue weighted by molar-refractivity contribution is 5.80. The fourth-order valence-electron chi connectivity index (χ4n) is 2.15. The predicted molar refractivity (Wildman–Crippen MR) is 70.3 cm³/mol. The van der Waals surface area contributed by atoms with Gasteiger partial charge in [0, 0.05) is 35.7 Å². The molecule has 0 saturated heterocycles. The number of hydrogen-bond donors (Lipinski definition) is 1. The molecule has 4 aromatic rings. The molecule has 0 amide bonds.